The van der Waals surface area contributed by atoms with Crippen LogP contribution in [0.25, 0.3) is 10.6 Å². The number of halogens is 3. The van der Waals surface area contributed by atoms with Gasteiger partial charge in [0, 0.05) is 16.6 Å². The lowest BCUT2D eigenvalue weighted by Gasteiger charge is -2.12. The van der Waals surface area contributed by atoms with Gasteiger partial charge in [-0.15, -0.1) is 11.3 Å². The summed E-state index contributed by atoms with van der Waals surface area (Å²) in [6.45, 7) is 0. The summed E-state index contributed by atoms with van der Waals surface area (Å²) in [5.74, 6) is -0.112. The van der Waals surface area contributed by atoms with Crippen LogP contribution in [0, 0.1) is 0 Å². The number of nitrogens with zero attached hydrogens (tertiary/aromatic N) is 1. The number of carbonyl (C=O) groups excluding carboxylic acids is 1. The number of alkyl halides is 3. The molecule has 0 aliphatic carbocycles. The Kier molecular flexibility index (Phi) is 6.74. The van der Waals surface area contributed by atoms with Crippen LogP contribution in [0.2, 0.25) is 0 Å². The number of anilines is 2. The van der Waals surface area contributed by atoms with E-state index in [4.69, 9.17) is 4.74 Å². The van der Waals surface area contributed by atoms with Crippen molar-refractivity contribution in [3.05, 3.63) is 59.1 Å². The largest absolute Gasteiger partial charge is 0.495 e. The molecule has 0 bridgehead atoms. The topological polar surface area (TPSA) is 97.4 Å². The van der Waals surface area contributed by atoms with Crippen LogP contribution in [0.15, 0.2) is 47.8 Å². The second-order valence-corrected chi connectivity index (χ2v) is 9.34. The van der Waals surface area contributed by atoms with Gasteiger partial charge in [-0.3, -0.25) is 9.52 Å². The predicted molar refractivity (Wildman–Crippen MR) is 116 cm³/mol. The molecule has 0 unspecified atom stereocenters. The highest BCUT2D eigenvalue weighted by atomic mass is 32.2. The van der Waals surface area contributed by atoms with Crippen molar-refractivity contribution in [3.63, 3.8) is 0 Å². The van der Waals surface area contributed by atoms with Crippen LogP contribution in [-0.2, 0) is 27.4 Å². The van der Waals surface area contributed by atoms with Crippen LogP contribution < -0.4 is 14.8 Å². The van der Waals surface area contributed by atoms with Crippen LogP contribution in [0.1, 0.15) is 11.3 Å². The zero-order valence-corrected chi connectivity index (χ0v) is 18.5. The van der Waals surface area contributed by atoms with Crippen molar-refractivity contribution in [2.24, 2.45) is 0 Å². The van der Waals surface area contributed by atoms with Gasteiger partial charge in [0.15, 0.2) is 0 Å². The Balaban J connectivity index is 1.69. The van der Waals surface area contributed by atoms with Crippen LogP contribution in [-0.4, -0.2) is 32.7 Å². The maximum absolute atomic E-state index is 12.7. The van der Waals surface area contributed by atoms with Crippen LogP contribution in [0.4, 0.5) is 24.5 Å². The molecule has 1 heterocycles. The molecule has 0 spiro atoms. The Hall–Kier alpha value is -3.12. The monoisotopic (exact) mass is 485 g/mol. The molecule has 3 rings (SSSR count). The van der Waals surface area contributed by atoms with Gasteiger partial charge < -0.3 is 10.1 Å². The second-order valence-electron chi connectivity index (χ2n) is 6.73. The lowest BCUT2D eigenvalue weighted by atomic mass is 10.1. The summed E-state index contributed by atoms with van der Waals surface area (Å²) >= 11 is 1.21. The quantitative estimate of drug-likeness (QED) is 0.517. The number of thiazole rings is 1. The maximum atomic E-state index is 12.7. The van der Waals surface area contributed by atoms with Gasteiger partial charge in [-0.1, -0.05) is 12.1 Å². The average molecular weight is 486 g/mol. The molecule has 12 heteroatoms. The highest BCUT2D eigenvalue weighted by molar-refractivity contribution is 7.92. The standard InChI is InChI=1S/C20H18F3N3O4S2/c1-30-17-8-7-14(9-16(17)26-32(2,28)29)24-18(27)10-15-11-31-19(25-15)12-3-5-13(6-4-12)20(21,22)23/h3-9,11,26H,10H2,1-2H3,(H,24,27). The zero-order chi connectivity index (χ0) is 23.5. The van der Waals surface area contributed by atoms with E-state index in [1.54, 1.807) is 11.4 Å². The van der Waals surface area contributed by atoms with Crippen LogP contribution in [0.3, 0.4) is 0 Å². The summed E-state index contributed by atoms with van der Waals surface area (Å²) in [7, 11) is -2.17. The number of carbonyl (C=O) groups is 1. The van der Waals surface area contributed by atoms with E-state index in [2.05, 4.69) is 15.0 Å². The molecule has 0 aliphatic rings. The lowest BCUT2D eigenvalue weighted by Crippen LogP contribution is -2.15. The van der Waals surface area contributed by atoms with Gasteiger partial charge in [-0.2, -0.15) is 13.2 Å². The van der Waals surface area contributed by atoms with E-state index in [1.165, 1.54) is 42.7 Å². The highest BCUT2D eigenvalue weighted by Crippen LogP contribution is 2.32. The molecule has 170 valence electrons. The number of amides is 1. The Bertz CT molecular complexity index is 1220. The highest BCUT2D eigenvalue weighted by Gasteiger charge is 2.30. The second kappa shape index (κ2) is 9.17. The number of benzene rings is 2. The molecule has 0 saturated carbocycles. The third kappa shape index (κ3) is 6.20. The minimum atomic E-state index is -4.41. The fraction of sp³-hybridized carbons (Fsp3) is 0.200. The summed E-state index contributed by atoms with van der Waals surface area (Å²) in [6.07, 6.45) is -3.49. The van der Waals surface area contributed by atoms with E-state index >= 15 is 0 Å². The number of ether oxygens (including phenoxy) is 1. The minimum Gasteiger partial charge on any atom is -0.495 e. The molecule has 0 atom stereocenters. The number of methoxy groups -OCH3 is 1. The molecule has 0 saturated heterocycles. The first-order valence-corrected chi connectivity index (χ1v) is 11.8. The number of rotatable bonds is 7. The molecule has 0 aliphatic heterocycles. The van der Waals surface area contributed by atoms with E-state index in [0.717, 1.165) is 18.4 Å². The molecule has 1 aromatic heterocycles. The molecule has 2 N–H and O–H groups in total. The van der Waals surface area contributed by atoms with Gasteiger partial charge in [0.1, 0.15) is 10.8 Å². The molecule has 7 nitrogen and oxygen atoms in total. The normalized spacial score (nSPS) is 11.8. The first-order chi connectivity index (χ1) is 14.9. The summed E-state index contributed by atoms with van der Waals surface area (Å²) in [4.78, 5) is 16.7. The van der Waals surface area contributed by atoms with Crippen molar-refractivity contribution in [2.45, 2.75) is 12.6 Å². The summed E-state index contributed by atoms with van der Waals surface area (Å²) in [5.41, 5.74) is 0.736. The molecule has 32 heavy (non-hydrogen) atoms. The number of nitrogens with one attached hydrogen (secondary N) is 2. The summed E-state index contributed by atoms with van der Waals surface area (Å²) < 4.78 is 68.5. The summed E-state index contributed by atoms with van der Waals surface area (Å²) in [6, 6.07) is 9.11. The molecule has 0 radical (unpaired) electrons. The van der Waals surface area contributed by atoms with Crippen molar-refractivity contribution >= 4 is 38.6 Å². The molecular formula is C20H18F3N3O4S2. The number of sulfonamides is 1. The first-order valence-electron chi connectivity index (χ1n) is 9.02. The SMILES string of the molecule is COc1ccc(NC(=O)Cc2csc(-c3ccc(C(F)(F)F)cc3)n2)cc1NS(C)(=O)=O. The number of aromatic nitrogens is 1. The Morgan fingerprint density at radius 1 is 1.16 bits per heavy atom. The van der Waals surface area contributed by atoms with Crippen molar-refractivity contribution in [3.8, 4) is 16.3 Å². The Morgan fingerprint density at radius 2 is 1.84 bits per heavy atom. The molecule has 2 aromatic carbocycles. The van der Waals surface area contributed by atoms with Gasteiger partial charge in [0.25, 0.3) is 0 Å². The smallest absolute Gasteiger partial charge is 0.416 e. The molecular weight excluding hydrogens is 467 g/mol. The van der Waals surface area contributed by atoms with Crippen LogP contribution >= 0.6 is 11.3 Å². The molecule has 0 fully saturated rings. The van der Waals surface area contributed by atoms with Crippen molar-refractivity contribution < 1.29 is 31.1 Å². The summed E-state index contributed by atoms with van der Waals surface area (Å²) in [5, 5.41) is 4.79. The van der Waals surface area contributed by atoms with E-state index in [9.17, 15) is 26.4 Å². The Labute approximate surface area is 186 Å². The van der Waals surface area contributed by atoms with Crippen molar-refractivity contribution in [1.29, 1.82) is 0 Å². The van der Waals surface area contributed by atoms with Gasteiger partial charge in [-0.25, -0.2) is 13.4 Å². The van der Waals surface area contributed by atoms with Gasteiger partial charge in [-0.05, 0) is 30.3 Å². The van der Waals surface area contributed by atoms with E-state index < -0.39 is 27.7 Å². The zero-order valence-electron chi connectivity index (χ0n) is 16.9. The van der Waals surface area contributed by atoms with E-state index in [-0.39, 0.29) is 17.9 Å². The third-order valence-electron chi connectivity index (χ3n) is 4.13. The lowest BCUT2D eigenvalue weighted by molar-refractivity contribution is -0.137. The molecule has 1 amide bonds. The van der Waals surface area contributed by atoms with Gasteiger partial charge in [0.2, 0.25) is 15.9 Å². The molecule has 3 aromatic rings. The average Bonchev–Trinajstić information content (AvgIpc) is 3.14. The van der Waals surface area contributed by atoms with Crippen molar-refractivity contribution in [2.75, 3.05) is 23.4 Å². The fourth-order valence-corrected chi connectivity index (χ4v) is 4.14. The van der Waals surface area contributed by atoms with E-state index in [1.807, 2.05) is 0 Å². The number of hydrogen-bond acceptors (Lipinski definition) is 6. The van der Waals surface area contributed by atoms with Crippen LogP contribution in [0.5, 0.6) is 5.75 Å². The maximum Gasteiger partial charge on any atom is 0.416 e. The van der Waals surface area contributed by atoms with Gasteiger partial charge in [0.05, 0.1) is 36.7 Å². The fourth-order valence-electron chi connectivity index (χ4n) is 2.76. The first kappa shape index (κ1) is 23.5. The minimum absolute atomic E-state index is 0.0714. The third-order valence-corrected chi connectivity index (χ3v) is 5.66. The number of hydrogen-bond donors (Lipinski definition) is 2. The van der Waals surface area contributed by atoms with Crippen molar-refractivity contribution in [1.82, 2.24) is 4.98 Å². The Morgan fingerprint density at radius 3 is 2.44 bits per heavy atom. The van der Waals surface area contributed by atoms with E-state index in [0.29, 0.717) is 22.0 Å². The predicted octanol–water partition coefficient (Wildman–Crippen LogP) is 4.39. The van der Waals surface area contributed by atoms with Gasteiger partial charge >= 0.3 is 6.18 Å².